The number of aromatic amines is 1. The van der Waals surface area contributed by atoms with Crippen LogP contribution >= 0.6 is 0 Å². The Balaban J connectivity index is 1.46. The summed E-state index contributed by atoms with van der Waals surface area (Å²) >= 11 is 0. The van der Waals surface area contributed by atoms with E-state index in [4.69, 9.17) is 4.74 Å². The van der Waals surface area contributed by atoms with Crippen LogP contribution in [0.5, 0.6) is 0 Å². The highest BCUT2D eigenvalue weighted by atomic mass is 16.5. The lowest BCUT2D eigenvalue weighted by Crippen LogP contribution is -2.34. The number of nitrogens with zero attached hydrogens (tertiary/aromatic N) is 1. The molecule has 6 nitrogen and oxygen atoms in total. The molecule has 1 aliphatic rings. The Morgan fingerprint density at radius 3 is 3.00 bits per heavy atom. The van der Waals surface area contributed by atoms with Gasteiger partial charge < -0.3 is 19.9 Å². The smallest absolute Gasteiger partial charge is 0.225 e. The van der Waals surface area contributed by atoms with E-state index in [1.165, 1.54) is 16.5 Å². The van der Waals surface area contributed by atoms with Gasteiger partial charge in [0.25, 0.3) is 0 Å². The van der Waals surface area contributed by atoms with E-state index < -0.39 is 0 Å². The molecule has 0 spiro atoms. The summed E-state index contributed by atoms with van der Waals surface area (Å²) in [5, 5.41) is 4.15. The molecular formula is C22H31N3O3. The number of ether oxygens (including phenoxy) is 1. The average Bonchev–Trinajstić information content (AvgIpc) is 3.22. The van der Waals surface area contributed by atoms with E-state index in [0.29, 0.717) is 32.7 Å². The van der Waals surface area contributed by atoms with Crippen LogP contribution in [0.15, 0.2) is 24.4 Å². The molecule has 2 aromatic rings. The number of hydrogen-bond donors (Lipinski definition) is 2. The first kappa shape index (κ1) is 20.4. The van der Waals surface area contributed by atoms with Crippen molar-refractivity contribution in [2.75, 3.05) is 26.2 Å². The quantitative estimate of drug-likeness (QED) is 0.652. The van der Waals surface area contributed by atoms with Gasteiger partial charge in [0.1, 0.15) is 0 Å². The van der Waals surface area contributed by atoms with Crippen molar-refractivity contribution in [2.24, 2.45) is 5.92 Å². The number of rotatable bonds is 9. The van der Waals surface area contributed by atoms with Crippen molar-refractivity contribution in [3.8, 4) is 0 Å². The number of likely N-dealkylation sites (tertiary alicyclic amines) is 1. The second kappa shape index (κ2) is 9.24. The van der Waals surface area contributed by atoms with Gasteiger partial charge in [0, 0.05) is 49.8 Å². The van der Waals surface area contributed by atoms with Crippen LogP contribution in [-0.4, -0.2) is 54.0 Å². The first-order chi connectivity index (χ1) is 13.4. The van der Waals surface area contributed by atoms with E-state index in [9.17, 15) is 9.59 Å². The van der Waals surface area contributed by atoms with E-state index in [-0.39, 0.29) is 23.8 Å². The Kier molecular flexibility index (Phi) is 6.73. The third-order valence-electron chi connectivity index (χ3n) is 5.23. The van der Waals surface area contributed by atoms with Gasteiger partial charge in [-0.1, -0.05) is 11.6 Å². The van der Waals surface area contributed by atoms with Crippen LogP contribution in [0.1, 0.15) is 37.8 Å². The zero-order valence-electron chi connectivity index (χ0n) is 17.1. The van der Waals surface area contributed by atoms with Gasteiger partial charge in [-0.15, -0.1) is 0 Å². The highest BCUT2D eigenvalue weighted by Gasteiger charge is 2.33. The third-order valence-corrected chi connectivity index (χ3v) is 5.23. The Hall–Kier alpha value is -2.34. The number of fused-ring (bicyclic) bond motifs is 1. The maximum absolute atomic E-state index is 12.3. The van der Waals surface area contributed by atoms with Crippen LogP contribution in [0.2, 0.25) is 0 Å². The molecule has 1 fully saturated rings. The van der Waals surface area contributed by atoms with Gasteiger partial charge in [-0.25, -0.2) is 0 Å². The topological polar surface area (TPSA) is 74.4 Å². The van der Waals surface area contributed by atoms with Crippen LogP contribution in [0, 0.1) is 12.8 Å². The molecule has 0 unspecified atom stereocenters. The summed E-state index contributed by atoms with van der Waals surface area (Å²) in [5.74, 6) is -0.203. The van der Waals surface area contributed by atoms with Crippen LogP contribution in [0.25, 0.3) is 10.9 Å². The Labute approximate surface area is 166 Å². The fourth-order valence-electron chi connectivity index (χ4n) is 3.67. The number of benzene rings is 1. The highest BCUT2D eigenvalue weighted by Crippen LogP contribution is 2.22. The summed E-state index contributed by atoms with van der Waals surface area (Å²) in [6, 6.07) is 6.35. The molecule has 152 valence electrons. The molecule has 0 aliphatic carbocycles. The lowest BCUT2D eigenvalue weighted by atomic mass is 10.1. The highest BCUT2D eigenvalue weighted by molar-refractivity contribution is 5.89. The predicted octanol–water partition coefficient (Wildman–Crippen LogP) is 2.80. The van der Waals surface area contributed by atoms with Crippen LogP contribution in [0.4, 0.5) is 0 Å². The van der Waals surface area contributed by atoms with Crippen LogP contribution in [-0.2, 0) is 20.7 Å². The van der Waals surface area contributed by atoms with E-state index in [1.54, 1.807) is 0 Å². The number of amides is 2. The Bertz CT molecular complexity index is 828. The number of aromatic nitrogens is 1. The minimum Gasteiger partial charge on any atom is -0.379 e. The summed E-state index contributed by atoms with van der Waals surface area (Å²) in [5.41, 5.74) is 3.55. The van der Waals surface area contributed by atoms with Gasteiger partial charge in [0.2, 0.25) is 11.8 Å². The summed E-state index contributed by atoms with van der Waals surface area (Å²) in [7, 11) is 0. The fraction of sp³-hybridized carbons (Fsp3) is 0.545. The molecule has 2 N–H and O–H groups in total. The van der Waals surface area contributed by atoms with Crippen molar-refractivity contribution in [3.63, 3.8) is 0 Å². The second-order valence-electron chi connectivity index (χ2n) is 7.92. The Morgan fingerprint density at radius 2 is 2.21 bits per heavy atom. The van der Waals surface area contributed by atoms with Gasteiger partial charge in [-0.2, -0.15) is 0 Å². The number of carbonyl (C=O) groups is 2. The number of carbonyl (C=O) groups excluding carboxylic acids is 2. The summed E-state index contributed by atoms with van der Waals surface area (Å²) in [6.07, 6.45) is 4.11. The molecule has 1 atom stereocenters. The average molecular weight is 386 g/mol. The fourth-order valence-corrected chi connectivity index (χ4v) is 3.67. The number of H-pyrrole nitrogens is 1. The first-order valence-corrected chi connectivity index (χ1v) is 10.2. The lowest BCUT2D eigenvalue weighted by Gasteiger charge is -2.16. The third kappa shape index (κ3) is 5.13. The molecule has 1 saturated heterocycles. The molecule has 2 heterocycles. The summed E-state index contributed by atoms with van der Waals surface area (Å²) in [4.78, 5) is 29.8. The number of hydrogen-bond acceptors (Lipinski definition) is 3. The molecule has 1 aromatic carbocycles. The molecule has 3 rings (SSSR count). The van der Waals surface area contributed by atoms with Gasteiger partial charge in [-0.3, -0.25) is 9.59 Å². The molecule has 28 heavy (non-hydrogen) atoms. The molecule has 2 amide bonds. The molecule has 1 aromatic heterocycles. The van der Waals surface area contributed by atoms with Gasteiger partial charge in [0.15, 0.2) is 0 Å². The number of nitrogens with one attached hydrogen (secondary N) is 2. The monoisotopic (exact) mass is 385 g/mol. The Morgan fingerprint density at radius 1 is 1.39 bits per heavy atom. The van der Waals surface area contributed by atoms with E-state index in [0.717, 1.165) is 18.4 Å². The van der Waals surface area contributed by atoms with E-state index in [2.05, 4.69) is 35.4 Å². The molecule has 0 radical (unpaired) electrons. The van der Waals surface area contributed by atoms with Gasteiger partial charge >= 0.3 is 0 Å². The predicted molar refractivity (Wildman–Crippen MR) is 110 cm³/mol. The van der Waals surface area contributed by atoms with Crippen molar-refractivity contribution >= 4 is 22.7 Å². The molecule has 6 heteroatoms. The molecule has 0 saturated carbocycles. The van der Waals surface area contributed by atoms with Crippen LogP contribution in [0.3, 0.4) is 0 Å². The second-order valence-corrected chi connectivity index (χ2v) is 7.92. The van der Waals surface area contributed by atoms with Crippen molar-refractivity contribution in [1.29, 1.82) is 0 Å². The SMILES string of the molecule is Cc1ccc2[nH]cc(CCN3C[C@@H](C(=O)NCCCOC(C)C)CC3=O)c2c1. The van der Waals surface area contributed by atoms with Crippen molar-refractivity contribution in [2.45, 2.75) is 46.1 Å². The van der Waals surface area contributed by atoms with Gasteiger partial charge in [-0.05, 0) is 51.3 Å². The summed E-state index contributed by atoms with van der Waals surface area (Å²) in [6.45, 7) is 8.45. The molecule has 0 bridgehead atoms. The minimum atomic E-state index is -0.247. The van der Waals surface area contributed by atoms with Crippen molar-refractivity contribution in [3.05, 3.63) is 35.5 Å². The maximum atomic E-state index is 12.3. The largest absolute Gasteiger partial charge is 0.379 e. The minimum absolute atomic E-state index is 0.0249. The molecular weight excluding hydrogens is 354 g/mol. The summed E-state index contributed by atoms with van der Waals surface area (Å²) < 4.78 is 5.47. The van der Waals surface area contributed by atoms with Crippen molar-refractivity contribution < 1.29 is 14.3 Å². The van der Waals surface area contributed by atoms with Crippen LogP contribution < -0.4 is 5.32 Å². The zero-order valence-corrected chi connectivity index (χ0v) is 17.1. The van der Waals surface area contributed by atoms with E-state index in [1.807, 2.05) is 24.9 Å². The first-order valence-electron chi connectivity index (χ1n) is 10.2. The lowest BCUT2D eigenvalue weighted by molar-refractivity contribution is -0.129. The maximum Gasteiger partial charge on any atom is 0.225 e. The van der Waals surface area contributed by atoms with Gasteiger partial charge in [0.05, 0.1) is 12.0 Å². The zero-order chi connectivity index (χ0) is 20.1. The van der Waals surface area contributed by atoms with Crippen molar-refractivity contribution in [1.82, 2.24) is 15.2 Å². The standard InChI is InChI=1S/C22H31N3O3/c1-15(2)28-10-4-8-23-22(27)18-12-21(26)25(14-18)9-7-17-13-24-20-6-5-16(3)11-19(17)20/h5-6,11,13,15,18,24H,4,7-10,12,14H2,1-3H3,(H,23,27)/t18-/m0/s1. The van der Waals surface area contributed by atoms with E-state index >= 15 is 0 Å². The number of aryl methyl sites for hydroxylation is 1. The normalized spacial score (nSPS) is 17.1. The molecule has 1 aliphatic heterocycles.